The summed E-state index contributed by atoms with van der Waals surface area (Å²) < 4.78 is 0. The van der Waals surface area contributed by atoms with Crippen LogP contribution in [0.25, 0.3) is 0 Å². The number of benzene rings is 2. The number of phenols is 1. The van der Waals surface area contributed by atoms with E-state index in [0.717, 1.165) is 21.8 Å². The fourth-order valence-corrected chi connectivity index (χ4v) is 1.84. The van der Waals surface area contributed by atoms with Crippen LogP contribution in [0.1, 0.15) is 11.1 Å². The Morgan fingerprint density at radius 2 is 1.94 bits per heavy atom. The lowest BCUT2D eigenvalue weighted by molar-refractivity contribution is 0.474. The van der Waals surface area contributed by atoms with Crippen LogP contribution >= 0.6 is 11.6 Å². The molecule has 0 aromatic heterocycles. The third kappa shape index (κ3) is 2.92. The fourth-order valence-electron chi connectivity index (χ4n) is 1.66. The maximum atomic E-state index is 9.36. The van der Waals surface area contributed by atoms with Gasteiger partial charge in [-0.15, -0.1) is 0 Å². The van der Waals surface area contributed by atoms with E-state index in [9.17, 15) is 5.11 Å². The van der Waals surface area contributed by atoms with Gasteiger partial charge < -0.3 is 10.4 Å². The Kier molecular flexibility index (Phi) is 3.55. The second-order valence-corrected chi connectivity index (χ2v) is 4.34. The molecule has 2 N–H and O–H groups in total. The van der Waals surface area contributed by atoms with E-state index < -0.39 is 0 Å². The lowest BCUT2D eigenvalue weighted by atomic mass is 10.1. The van der Waals surface area contributed by atoms with Gasteiger partial charge in [0, 0.05) is 17.3 Å². The molecule has 0 aliphatic heterocycles. The van der Waals surface area contributed by atoms with Crippen LogP contribution in [0.3, 0.4) is 0 Å². The zero-order chi connectivity index (χ0) is 12.3. The molecule has 0 bridgehead atoms. The molecule has 3 heteroatoms. The molecule has 0 radical (unpaired) electrons. The number of phenolic OH excluding ortho intramolecular Hbond substituents is 1. The van der Waals surface area contributed by atoms with Crippen LogP contribution in [0.15, 0.2) is 42.5 Å². The molecule has 0 amide bonds. The first-order chi connectivity index (χ1) is 8.16. The van der Waals surface area contributed by atoms with Gasteiger partial charge in [-0.3, -0.25) is 0 Å². The zero-order valence-electron chi connectivity index (χ0n) is 9.57. The van der Waals surface area contributed by atoms with Crippen molar-refractivity contribution in [3.63, 3.8) is 0 Å². The van der Waals surface area contributed by atoms with Crippen LogP contribution in [0.5, 0.6) is 5.75 Å². The van der Waals surface area contributed by atoms with E-state index in [1.165, 1.54) is 0 Å². The number of nitrogens with one attached hydrogen (secondary N) is 1. The zero-order valence-corrected chi connectivity index (χ0v) is 10.3. The van der Waals surface area contributed by atoms with Gasteiger partial charge in [-0.2, -0.15) is 0 Å². The Bertz CT molecular complexity index is 525. The van der Waals surface area contributed by atoms with Gasteiger partial charge >= 0.3 is 0 Å². The minimum Gasteiger partial charge on any atom is -0.508 e. The smallest absolute Gasteiger partial charge is 0.115 e. The number of halogens is 1. The van der Waals surface area contributed by atoms with E-state index in [1.54, 1.807) is 12.1 Å². The monoisotopic (exact) mass is 247 g/mol. The SMILES string of the molecule is Cc1c(Cl)cccc1NCc1cccc(O)c1. The lowest BCUT2D eigenvalue weighted by Gasteiger charge is -2.10. The first-order valence-corrected chi connectivity index (χ1v) is 5.81. The highest BCUT2D eigenvalue weighted by atomic mass is 35.5. The van der Waals surface area contributed by atoms with Crippen molar-refractivity contribution in [2.75, 3.05) is 5.32 Å². The first kappa shape index (κ1) is 11.8. The van der Waals surface area contributed by atoms with E-state index >= 15 is 0 Å². The molecule has 0 aliphatic rings. The fraction of sp³-hybridized carbons (Fsp3) is 0.143. The Morgan fingerprint density at radius 3 is 2.71 bits per heavy atom. The summed E-state index contributed by atoms with van der Waals surface area (Å²) in [4.78, 5) is 0. The van der Waals surface area contributed by atoms with E-state index in [1.807, 2.05) is 37.3 Å². The molecule has 2 aromatic rings. The molecule has 0 unspecified atom stereocenters. The van der Waals surface area contributed by atoms with Gasteiger partial charge in [-0.25, -0.2) is 0 Å². The highest BCUT2D eigenvalue weighted by Gasteiger charge is 2.01. The predicted molar refractivity (Wildman–Crippen MR) is 71.6 cm³/mol. The van der Waals surface area contributed by atoms with Crippen molar-refractivity contribution >= 4 is 17.3 Å². The summed E-state index contributed by atoms with van der Waals surface area (Å²) in [5.74, 6) is 0.284. The van der Waals surface area contributed by atoms with Crippen LogP contribution in [0.2, 0.25) is 5.02 Å². The van der Waals surface area contributed by atoms with Crippen LogP contribution in [0.4, 0.5) is 5.69 Å². The molecular weight excluding hydrogens is 234 g/mol. The van der Waals surface area contributed by atoms with Crippen molar-refractivity contribution in [1.29, 1.82) is 0 Å². The van der Waals surface area contributed by atoms with Crippen LogP contribution in [-0.2, 0) is 6.54 Å². The number of hydrogen-bond donors (Lipinski definition) is 2. The summed E-state index contributed by atoms with van der Waals surface area (Å²) in [6.45, 7) is 2.64. The quantitative estimate of drug-likeness (QED) is 0.860. The van der Waals surface area contributed by atoms with Crippen LogP contribution in [-0.4, -0.2) is 5.11 Å². The summed E-state index contributed by atoms with van der Waals surface area (Å²) in [5, 5.41) is 13.4. The Balaban J connectivity index is 2.10. The molecule has 0 atom stereocenters. The third-order valence-corrected chi connectivity index (χ3v) is 3.07. The van der Waals surface area contributed by atoms with E-state index in [2.05, 4.69) is 5.32 Å². The van der Waals surface area contributed by atoms with E-state index in [-0.39, 0.29) is 5.75 Å². The number of rotatable bonds is 3. The van der Waals surface area contributed by atoms with E-state index in [0.29, 0.717) is 6.54 Å². The highest BCUT2D eigenvalue weighted by Crippen LogP contribution is 2.23. The van der Waals surface area contributed by atoms with Crippen molar-refractivity contribution in [2.24, 2.45) is 0 Å². The molecule has 2 nitrogen and oxygen atoms in total. The van der Waals surface area contributed by atoms with Gasteiger partial charge in [0.25, 0.3) is 0 Å². The number of aromatic hydroxyl groups is 1. The summed E-state index contributed by atoms with van der Waals surface area (Å²) >= 11 is 6.04. The third-order valence-electron chi connectivity index (χ3n) is 2.66. The molecular formula is C14H14ClNO. The molecule has 0 aliphatic carbocycles. The Hall–Kier alpha value is -1.67. The maximum Gasteiger partial charge on any atom is 0.115 e. The second-order valence-electron chi connectivity index (χ2n) is 3.94. The van der Waals surface area contributed by atoms with Crippen molar-refractivity contribution in [3.05, 3.63) is 58.6 Å². The largest absolute Gasteiger partial charge is 0.508 e. The molecule has 0 saturated heterocycles. The highest BCUT2D eigenvalue weighted by molar-refractivity contribution is 6.31. The minimum atomic E-state index is 0.284. The summed E-state index contributed by atoms with van der Waals surface area (Å²) in [6, 6.07) is 13.0. The molecule has 17 heavy (non-hydrogen) atoms. The normalized spacial score (nSPS) is 10.2. The Labute approximate surface area is 106 Å². The minimum absolute atomic E-state index is 0.284. The van der Waals surface area contributed by atoms with Gasteiger partial charge in [0.1, 0.15) is 5.75 Å². The molecule has 0 saturated carbocycles. The van der Waals surface area contributed by atoms with Gasteiger partial charge in [-0.1, -0.05) is 29.8 Å². The van der Waals surface area contributed by atoms with E-state index in [4.69, 9.17) is 11.6 Å². The van der Waals surface area contributed by atoms with Crippen molar-refractivity contribution in [1.82, 2.24) is 0 Å². The van der Waals surface area contributed by atoms with Crippen LogP contribution < -0.4 is 5.32 Å². The molecule has 2 aromatic carbocycles. The number of hydrogen-bond acceptors (Lipinski definition) is 2. The Morgan fingerprint density at radius 1 is 1.18 bits per heavy atom. The first-order valence-electron chi connectivity index (χ1n) is 5.44. The molecule has 0 fully saturated rings. The summed E-state index contributed by atoms with van der Waals surface area (Å²) in [5.41, 5.74) is 3.08. The maximum absolute atomic E-state index is 9.36. The van der Waals surface area contributed by atoms with Gasteiger partial charge in [0.2, 0.25) is 0 Å². The lowest BCUT2D eigenvalue weighted by Crippen LogP contribution is -2.00. The van der Waals surface area contributed by atoms with Crippen molar-refractivity contribution < 1.29 is 5.11 Å². The molecule has 88 valence electrons. The topological polar surface area (TPSA) is 32.3 Å². The van der Waals surface area contributed by atoms with Gasteiger partial charge in [-0.05, 0) is 42.3 Å². The standard InChI is InChI=1S/C14H14ClNO/c1-10-13(15)6-3-7-14(10)16-9-11-4-2-5-12(17)8-11/h2-8,16-17H,9H2,1H3. The van der Waals surface area contributed by atoms with Crippen LogP contribution in [0, 0.1) is 6.92 Å². The molecule has 2 rings (SSSR count). The molecule has 0 heterocycles. The predicted octanol–water partition coefficient (Wildman–Crippen LogP) is 3.97. The number of anilines is 1. The summed E-state index contributed by atoms with van der Waals surface area (Å²) in [7, 11) is 0. The van der Waals surface area contributed by atoms with Crippen molar-refractivity contribution in [3.8, 4) is 5.75 Å². The molecule has 0 spiro atoms. The van der Waals surface area contributed by atoms with Crippen molar-refractivity contribution in [2.45, 2.75) is 13.5 Å². The summed E-state index contributed by atoms with van der Waals surface area (Å²) in [6.07, 6.45) is 0. The average Bonchev–Trinajstić information content (AvgIpc) is 2.31. The second kappa shape index (κ2) is 5.11. The average molecular weight is 248 g/mol. The van der Waals surface area contributed by atoms with Gasteiger partial charge in [0.05, 0.1) is 0 Å². The van der Waals surface area contributed by atoms with Gasteiger partial charge in [0.15, 0.2) is 0 Å².